The molecule has 4 nitrogen and oxygen atoms in total. The Bertz CT molecular complexity index is 382. The van der Waals surface area contributed by atoms with Gasteiger partial charge in [0, 0.05) is 25.7 Å². The molecule has 0 saturated carbocycles. The zero-order valence-corrected chi connectivity index (χ0v) is 10.2. The van der Waals surface area contributed by atoms with Gasteiger partial charge in [0.15, 0.2) is 0 Å². The first-order valence-corrected chi connectivity index (χ1v) is 6.05. The molecule has 0 bridgehead atoms. The SMILES string of the molecule is CN(CC(O)CCN)c1ccc2c(c1)CCO2. The lowest BCUT2D eigenvalue weighted by atomic mass is 10.1. The van der Waals surface area contributed by atoms with Crippen LogP contribution in [0.2, 0.25) is 0 Å². The Morgan fingerprint density at radius 2 is 2.35 bits per heavy atom. The molecule has 1 aromatic carbocycles. The second-order valence-electron chi connectivity index (χ2n) is 4.50. The lowest BCUT2D eigenvalue weighted by Crippen LogP contribution is -2.30. The number of likely N-dealkylation sites (N-methyl/N-ethyl adjacent to an activating group) is 1. The van der Waals surface area contributed by atoms with Crippen LogP contribution in [0.5, 0.6) is 5.75 Å². The van der Waals surface area contributed by atoms with Gasteiger partial charge in [-0.15, -0.1) is 0 Å². The van der Waals surface area contributed by atoms with Gasteiger partial charge in [0.25, 0.3) is 0 Å². The second-order valence-corrected chi connectivity index (χ2v) is 4.50. The fourth-order valence-electron chi connectivity index (χ4n) is 2.12. The minimum atomic E-state index is -0.366. The van der Waals surface area contributed by atoms with Gasteiger partial charge in [0.2, 0.25) is 0 Å². The van der Waals surface area contributed by atoms with E-state index in [1.165, 1.54) is 5.56 Å². The number of hydrogen-bond donors (Lipinski definition) is 2. The summed E-state index contributed by atoms with van der Waals surface area (Å²) in [5.41, 5.74) is 7.79. The summed E-state index contributed by atoms with van der Waals surface area (Å²) >= 11 is 0. The van der Waals surface area contributed by atoms with E-state index >= 15 is 0 Å². The summed E-state index contributed by atoms with van der Waals surface area (Å²) < 4.78 is 5.47. The highest BCUT2D eigenvalue weighted by molar-refractivity contribution is 5.53. The summed E-state index contributed by atoms with van der Waals surface area (Å²) in [4.78, 5) is 2.05. The molecule has 3 N–H and O–H groups in total. The first kappa shape index (κ1) is 12.2. The summed E-state index contributed by atoms with van der Waals surface area (Å²) in [5, 5.41) is 9.73. The maximum absolute atomic E-state index is 9.73. The molecule has 0 aliphatic carbocycles. The summed E-state index contributed by atoms with van der Waals surface area (Å²) in [6, 6.07) is 6.17. The van der Waals surface area contributed by atoms with Crippen LogP contribution < -0.4 is 15.4 Å². The first-order valence-electron chi connectivity index (χ1n) is 6.05. The van der Waals surface area contributed by atoms with Gasteiger partial charge in [0.1, 0.15) is 5.75 Å². The molecule has 0 amide bonds. The number of nitrogens with two attached hydrogens (primary N) is 1. The van der Waals surface area contributed by atoms with Crippen LogP contribution >= 0.6 is 0 Å². The maximum Gasteiger partial charge on any atom is 0.122 e. The smallest absolute Gasteiger partial charge is 0.122 e. The summed E-state index contributed by atoms with van der Waals surface area (Å²) in [6.45, 7) is 1.90. The highest BCUT2D eigenvalue weighted by Crippen LogP contribution is 2.29. The van der Waals surface area contributed by atoms with Gasteiger partial charge in [-0.3, -0.25) is 0 Å². The van der Waals surface area contributed by atoms with Crippen molar-refractivity contribution in [1.82, 2.24) is 0 Å². The van der Waals surface area contributed by atoms with Gasteiger partial charge in [-0.05, 0) is 36.7 Å². The molecule has 4 heteroatoms. The van der Waals surface area contributed by atoms with E-state index in [0.29, 0.717) is 19.5 Å². The number of rotatable bonds is 5. The average Bonchev–Trinajstić information content (AvgIpc) is 2.75. The standard InChI is InChI=1S/C13H20N2O2/c1-15(9-12(16)4-6-14)11-2-3-13-10(8-11)5-7-17-13/h2-3,8,12,16H,4-7,9,14H2,1H3. The fourth-order valence-corrected chi connectivity index (χ4v) is 2.12. The molecule has 0 aromatic heterocycles. The summed E-state index contributed by atoms with van der Waals surface area (Å²) in [7, 11) is 1.98. The normalized spacial score (nSPS) is 15.2. The fraction of sp³-hybridized carbons (Fsp3) is 0.538. The molecule has 2 rings (SSSR count). The van der Waals surface area contributed by atoms with Crippen LogP contribution in [-0.4, -0.2) is 38.0 Å². The predicted molar refractivity (Wildman–Crippen MR) is 68.6 cm³/mol. The molecule has 0 saturated heterocycles. The molecule has 1 aromatic rings. The molecule has 1 aliphatic heterocycles. The minimum absolute atomic E-state index is 0.366. The van der Waals surface area contributed by atoms with Crippen molar-refractivity contribution >= 4 is 5.69 Å². The van der Waals surface area contributed by atoms with E-state index in [1.807, 2.05) is 19.2 Å². The Morgan fingerprint density at radius 3 is 3.12 bits per heavy atom. The predicted octanol–water partition coefficient (Wildman–Crippen LogP) is 0.767. The highest BCUT2D eigenvalue weighted by atomic mass is 16.5. The van der Waals surface area contributed by atoms with E-state index in [9.17, 15) is 5.11 Å². The van der Waals surface area contributed by atoms with Crippen molar-refractivity contribution in [1.29, 1.82) is 0 Å². The summed E-state index contributed by atoms with van der Waals surface area (Å²) in [5.74, 6) is 0.990. The van der Waals surface area contributed by atoms with Crippen molar-refractivity contribution in [3.8, 4) is 5.75 Å². The van der Waals surface area contributed by atoms with Gasteiger partial charge < -0.3 is 20.5 Å². The number of ether oxygens (including phenoxy) is 1. The van der Waals surface area contributed by atoms with Gasteiger partial charge in [-0.2, -0.15) is 0 Å². The van der Waals surface area contributed by atoms with Gasteiger partial charge in [0.05, 0.1) is 12.7 Å². The number of fused-ring (bicyclic) bond motifs is 1. The zero-order chi connectivity index (χ0) is 12.3. The quantitative estimate of drug-likeness (QED) is 0.792. The van der Waals surface area contributed by atoms with E-state index in [4.69, 9.17) is 10.5 Å². The Labute approximate surface area is 102 Å². The number of aliphatic hydroxyl groups excluding tert-OH is 1. The minimum Gasteiger partial charge on any atom is -0.493 e. The third kappa shape index (κ3) is 2.90. The molecule has 1 aliphatic rings. The molecule has 1 heterocycles. The lowest BCUT2D eigenvalue weighted by molar-refractivity contribution is 0.174. The molecule has 17 heavy (non-hydrogen) atoms. The van der Waals surface area contributed by atoms with Crippen molar-refractivity contribution in [3.63, 3.8) is 0 Å². The van der Waals surface area contributed by atoms with E-state index < -0.39 is 0 Å². The van der Waals surface area contributed by atoms with Crippen LogP contribution in [0.25, 0.3) is 0 Å². The van der Waals surface area contributed by atoms with Crippen molar-refractivity contribution in [2.24, 2.45) is 5.73 Å². The number of anilines is 1. The van der Waals surface area contributed by atoms with E-state index in [0.717, 1.165) is 24.5 Å². The summed E-state index contributed by atoms with van der Waals surface area (Å²) in [6.07, 6.45) is 1.25. The number of hydrogen-bond acceptors (Lipinski definition) is 4. The highest BCUT2D eigenvalue weighted by Gasteiger charge is 2.14. The molecule has 94 valence electrons. The van der Waals surface area contributed by atoms with Crippen LogP contribution in [-0.2, 0) is 6.42 Å². The van der Waals surface area contributed by atoms with Crippen molar-refractivity contribution < 1.29 is 9.84 Å². The number of nitrogens with zero attached hydrogens (tertiary/aromatic N) is 1. The Hall–Kier alpha value is -1.26. The van der Waals surface area contributed by atoms with Gasteiger partial charge >= 0.3 is 0 Å². The largest absolute Gasteiger partial charge is 0.493 e. The van der Waals surface area contributed by atoms with Crippen molar-refractivity contribution in [3.05, 3.63) is 23.8 Å². The van der Waals surface area contributed by atoms with Crippen molar-refractivity contribution in [2.45, 2.75) is 18.9 Å². The average molecular weight is 236 g/mol. The maximum atomic E-state index is 9.73. The van der Waals surface area contributed by atoms with Crippen molar-refractivity contribution in [2.75, 3.05) is 31.6 Å². The van der Waals surface area contributed by atoms with Crippen LogP contribution in [0, 0.1) is 0 Å². The monoisotopic (exact) mass is 236 g/mol. The van der Waals surface area contributed by atoms with Crippen LogP contribution in [0.4, 0.5) is 5.69 Å². The van der Waals surface area contributed by atoms with E-state index in [2.05, 4.69) is 11.0 Å². The Kier molecular flexibility index (Phi) is 3.86. The van der Waals surface area contributed by atoms with Gasteiger partial charge in [-0.25, -0.2) is 0 Å². The Morgan fingerprint density at radius 1 is 1.53 bits per heavy atom. The zero-order valence-electron chi connectivity index (χ0n) is 10.2. The molecule has 0 radical (unpaired) electrons. The Balaban J connectivity index is 2.01. The molecular formula is C13H20N2O2. The topological polar surface area (TPSA) is 58.7 Å². The third-order valence-corrected chi connectivity index (χ3v) is 3.10. The molecule has 0 fully saturated rings. The van der Waals surface area contributed by atoms with Crippen LogP contribution in [0.3, 0.4) is 0 Å². The molecular weight excluding hydrogens is 216 g/mol. The first-order chi connectivity index (χ1) is 8.20. The third-order valence-electron chi connectivity index (χ3n) is 3.10. The van der Waals surface area contributed by atoms with E-state index in [1.54, 1.807) is 0 Å². The molecule has 1 atom stereocenters. The second kappa shape index (κ2) is 5.38. The van der Waals surface area contributed by atoms with Crippen LogP contribution in [0.1, 0.15) is 12.0 Å². The number of aliphatic hydroxyl groups is 1. The molecule has 1 unspecified atom stereocenters. The van der Waals surface area contributed by atoms with E-state index in [-0.39, 0.29) is 6.10 Å². The lowest BCUT2D eigenvalue weighted by Gasteiger charge is -2.23. The number of benzene rings is 1. The van der Waals surface area contributed by atoms with Gasteiger partial charge in [-0.1, -0.05) is 0 Å². The molecule has 0 spiro atoms. The van der Waals surface area contributed by atoms with Crippen LogP contribution in [0.15, 0.2) is 18.2 Å².